The van der Waals surface area contributed by atoms with Crippen LogP contribution in [0.4, 0.5) is 24.5 Å². The Labute approximate surface area is 221 Å². The van der Waals surface area contributed by atoms with E-state index in [1.165, 1.54) is 54.6 Å². The van der Waals surface area contributed by atoms with Crippen molar-refractivity contribution < 1.29 is 31.1 Å². The van der Waals surface area contributed by atoms with Crippen molar-refractivity contribution in [1.82, 2.24) is 0 Å². The zero-order chi connectivity index (χ0) is 28.4. The highest BCUT2D eigenvalue weighted by Crippen LogP contribution is 2.43. The zero-order valence-corrected chi connectivity index (χ0v) is 20.8. The van der Waals surface area contributed by atoms with Crippen molar-refractivity contribution in [2.45, 2.75) is 11.1 Å². The fraction of sp³-hybridized carbons (Fsp3) is 0.0370. The number of hydrogen-bond acceptors (Lipinski definition) is 5. The van der Waals surface area contributed by atoms with Crippen LogP contribution in [0.1, 0.15) is 21.5 Å². The Bertz CT molecular complexity index is 1660. The average Bonchev–Trinajstić information content (AvgIpc) is 2.89. The maximum atomic E-state index is 13.8. The van der Waals surface area contributed by atoms with Gasteiger partial charge in [-0.15, -0.1) is 0 Å². The number of nitrogens with two attached hydrogens (primary N) is 2. The maximum Gasteiger partial charge on any atom is 0.416 e. The second kappa shape index (κ2) is 10.6. The molecule has 12 heteroatoms. The minimum absolute atomic E-state index is 0.0589. The topological polar surface area (TPSA) is 140 Å². The lowest BCUT2D eigenvalue weighted by Crippen LogP contribution is -2.29. The van der Waals surface area contributed by atoms with Crippen molar-refractivity contribution in [3.63, 3.8) is 0 Å². The predicted molar refractivity (Wildman–Crippen MR) is 140 cm³/mol. The number of amidine groups is 1. The molecule has 4 rings (SSSR count). The van der Waals surface area contributed by atoms with E-state index in [0.29, 0.717) is 6.07 Å². The molecule has 0 aliphatic carbocycles. The molecule has 4 aromatic carbocycles. The molecule has 5 N–H and O–H groups in total. The fourth-order valence-corrected chi connectivity index (χ4v) is 4.47. The molecule has 0 atom stereocenters. The van der Waals surface area contributed by atoms with Gasteiger partial charge in [0.05, 0.1) is 16.9 Å². The van der Waals surface area contributed by atoms with Crippen LogP contribution in [-0.2, 0) is 16.2 Å². The lowest BCUT2D eigenvalue weighted by Gasteiger charge is -2.27. The Balaban J connectivity index is 2.01. The minimum Gasteiger partial charge on any atom is -0.455 e. The lowest BCUT2D eigenvalue weighted by molar-refractivity contribution is -0.137. The molecule has 0 aliphatic rings. The van der Waals surface area contributed by atoms with Gasteiger partial charge in [-0.05, 0) is 54.6 Å². The third-order valence-corrected chi connectivity index (χ3v) is 6.49. The van der Waals surface area contributed by atoms with Gasteiger partial charge in [0.15, 0.2) is 5.75 Å². The summed E-state index contributed by atoms with van der Waals surface area (Å²) in [5.41, 5.74) is 4.10. The summed E-state index contributed by atoms with van der Waals surface area (Å²) in [5.74, 6) is -1.21. The van der Waals surface area contributed by atoms with E-state index < -0.39 is 38.3 Å². The maximum absolute atomic E-state index is 13.8. The summed E-state index contributed by atoms with van der Waals surface area (Å²) in [6.07, 6.45) is -4.80. The van der Waals surface area contributed by atoms with Crippen LogP contribution in [0.15, 0.2) is 102 Å². The second-order valence-electron chi connectivity index (χ2n) is 8.24. The quantitative estimate of drug-likeness (QED) is 0.207. The monoisotopic (exact) mass is 554 g/mol. The van der Waals surface area contributed by atoms with Crippen LogP contribution in [0.5, 0.6) is 11.5 Å². The number of nitrogens with one attached hydrogen (secondary N) is 1. The average molecular weight is 555 g/mol. The highest BCUT2D eigenvalue weighted by atomic mass is 32.2. The Kier molecular flexibility index (Phi) is 7.43. The van der Waals surface area contributed by atoms with E-state index in [9.17, 15) is 26.4 Å². The third-order valence-electron chi connectivity index (χ3n) is 5.54. The molecule has 200 valence electrons. The van der Waals surface area contributed by atoms with Gasteiger partial charge in [0.25, 0.3) is 5.91 Å². The van der Waals surface area contributed by atoms with Gasteiger partial charge in [0, 0.05) is 11.1 Å². The van der Waals surface area contributed by atoms with E-state index in [4.69, 9.17) is 21.0 Å². The van der Waals surface area contributed by atoms with E-state index >= 15 is 0 Å². The van der Waals surface area contributed by atoms with Crippen LogP contribution in [0.25, 0.3) is 0 Å². The number of para-hydroxylation sites is 1. The number of halogens is 3. The number of nitrogen functional groups attached to an aromatic ring is 1. The highest BCUT2D eigenvalue weighted by Gasteiger charge is 2.34. The molecule has 0 bridgehead atoms. The highest BCUT2D eigenvalue weighted by molar-refractivity contribution is 7.89. The van der Waals surface area contributed by atoms with Gasteiger partial charge in [-0.3, -0.25) is 15.1 Å². The van der Waals surface area contributed by atoms with E-state index in [1.807, 2.05) is 0 Å². The first-order valence-electron chi connectivity index (χ1n) is 11.2. The summed E-state index contributed by atoms with van der Waals surface area (Å²) in [7, 11) is -4.42. The number of rotatable bonds is 7. The summed E-state index contributed by atoms with van der Waals surface area (Å²) in [4.78, 5) is 14.2. The first-order chi connectivity index (χ1) is 18.4. The molecule has 0 spiro atoms. The number of alkyl halides is 3. The lowest BCUT2D eigenvalue weighted by atomic mass is 10.1. The number of nitrogens with zero attached hydrogens (tertiary/aromatic N) is 1. The standard InChI is InChI=1S/C27H21F3N4O4S/c28-27(29,30)19-13-14-23(38-20-10-6-9-18(15-20)25(31)32)22(16-19)34(26(35)17-7-2-1-3-8-17)21-11-4-5-12-24(21)39(33,36)37/h1-16H,(H3,31,32)(H2,33,36,37). The number of hydrogen-bond donors (Lipinski definition) is 3. The Morgan fingerprint density at radius 1 is 0.821 bits per heavy atom. The number of carbonyl (C=O) groups excluding carboxylic acids is 1. The van der Waals surface area contributed by atoms with Crippen LogP contribution in [-0.4, -0.2) is 20.2 Å². The molecule has 0 fully saturated rings. The molecule has 0 aliphatic heterocycles. The molecule has 0 unspecified atom stereocenters. The fourth-order valence-electron chi connectivity index (χ4n) is 3.75. The number of anilines is 2. The molecule has 0 radical (unpaired) electrons. The number of benzene rings is 4. The molecule has 0 aromatic heterocycles. The second-order valence-corrected chi connectivity index (χ2v) is 9.77. The summed E-state index contributed by atoms with van der Waals surface area (Å²) in [6.45, 7) is 0. The molecule has 0 saturated carbocycles. The van der Waals surface area contributed by atoms with Crippen LogP contribution in [0.2, 0.25) is 0 Å². The number of ether oxygens (including phenoxy) is 1. The molecule has 8 nitrogen and oxygen atoms in total. The zero-order valence-electron chi connectivity index (χ0n) is 20.0. The van der Waals surface area contributed by atoms with Crippen LogP contribution < -0.4 is 20.5 Å². The molecule has 4 aromatic rings. The number of amides is 1. The Morgan fingerprint density at radius 2 is 1.46 bits per heavy atom. The Morgan fingerprint density at radius 3 is 2.10 bits per heavy atom. The van der Waals surface area contributed by atoms with Gasteiger partial charge >= 0.3 is 6.18 Å². The van der Waals surface area contributed by atoms with Crippen LogP contribution in [0, 0.1) is 5.41 Å². The summed E-state index contributed by atoms with van der Waals surface area (Å²) >= 11 is 0. The van der Waals surface area contributed by atoms with E-state index in [2.05, 4.69) is 0 Å². The van der Waals surface area contributed by atoms with E-state index in [-0.39, 0.29) is 34.1 Å². The molecule has 39 heavy (non-hydrogen) atoms. The first-order valence-corrected chi connectivity index (χ1v) is 12.8. The van der Waals surface area contributed by atoms with Crippen molar-refractivity contribution in [3.05, 3.63) is 114 Å². The van der Waals surface area contributed by atoms with Gasteiger partial charge in [0.2, 0.25) is 10.0 Å². The first kappa shape index (κ1) is 27.4. The number of carbonyl (C=O) groups is 1. The Hall–Kier alpha value is -4.68. The molecule has 0 heterocycles. The largest absolute Gasteiger partial charge is 0.455 e. The normalized spacial score (nSPS) is 11.6. The summed E-state index contributed by atoms with van der Waals surface area (Å²) < 4.78 is 72.3. The number of sulfonamides is 1. The SMILES string of the molecule is N=C(N)c1cccc(Oc2ccc(C(F)(F)F)cc2N(C(=O)c2ccccc2)c2ccccc2S(N)(=O)=O)c1. The van der Waals surface area contributed by atoms with Crippen molar-refractivity contribution in [1.29, 1.82) is 5.41 Å². The van der Waals surface area contributed by atoms with Gasteiger partial charge in [0.1, 0.15) is 16.5 Å². The molecule has 1 amide bonds. The molecular formula is C27H21F3N4O4S. The summed E-state index contributed by atoms with van der Waals surface area (Å²) in [6, 6.07) is 21.2. The van der Waals surface area contributed by atoms with E-state index in [1.54, 1.807) is 18.2 Å². The molecule has 0 saturated heterocycles. The van der Waals surface area contributed by atoms with Crippen molar-refractivity contribution in [2.24, 2.45) is 10.9 Å². The van der Waals surface area contributed by atoms with Gasteiger partial charge < -0.3 is 10.5 Å². The van der Waals surface area contributed by atoms with Crippen molar-refractivity contribution in [2.75, 3.05) is 4.90 Å². The van der Waals surface area contributed by atoms with Crippen molar-refractivity contribution in [3.8, 4) is 11.5 Å². The number of primary sulfonamides is 1. The minimum atomic E-state index is -4.80. The molecular weight excluding hydrogens is 533 g/mol. The summed E-state index contributed by atoms with van der Waals surface area (Å²) in [5, 5.41) is 13.0. The van der Waals surface area contributed by atoms with Crippen LogP contribution >= 0.6 is 0 Å². The van der Waals surface area contributed by atoms with Crippen LogP contribution in [0.3, 0.4) is 0 Å². The van der Waals surface area contributed by atoms with Gasteiger partial charge in [-0.25, -0.2) is 13.6 Å². The van der Waals surface area contributed by atoms with Crippen molar-refractivity contribution >= 4 is 33.1 Å². The van der Waals surface area contributed by atoms with E-state index in [0.717, 1.165) is 23.1 Å². The smallest absolute Gasteiger partial charge is 0.416 e. The van der Waals surface area contributed by atoms with Gasteiger partial charge in [-0.1, -0.05) is 42.5 Å². The van der Waals surface area contributed by atoms with Gasteiger partial charge in [-0.2, -0.15) is 13.2 Å². The third kappa shape index (κ3) is 6.08. The predicted octanol–water partition coefficient (Wildman–Crippen LogP) is 5.41.